The molecule has 0 bridgehead atoms. The number of aromatic nitrogens is 2. The number of hydrogen-bond acceptors (Lipinski definition) is 3. The highest BCUT2D eigenvalue weighted by atomic mass is 35.5. The van der Waals surface area contributed by atoms with Crippen molar-refractivity contribution in [2.75, 3.05) is 13.1 Å². The van der Waals surface area contributed by atoms with Crippen LogP contribution in [0.3, 0.4) is 0 Å². The number of rotatable bonds is 2. The first kappa shape index (κ1) is 13.5. The second kappa shape index (κ2) is 5.66. The van der Waals surface area contributed by atoms with Gasteiger partial charge in [-0.25, -0.2) is 0 Å². The van der Waals surface area contributed by atoms with Gasteiger partial charge >= 0.3 is 0 Å². The highest BCUT2D eigenvalue weighted by Gasteiger charge is 2.22. The van der Waals surface area contributed by atoms with E-state index in [4.69, 9.17) is 0 Å². The molecule has 0 spiro atoms. The number of piperazine rings is 1. The molecule has 92 valence electrons. The van der Waals surface area contributed by atoms with E-state index in [1.165, 1.54) is 11.3 Å². The summed E-state index contributed by atoms with van der Waals surface area (Å²) >= 11 is 0. The van der Waals surface area contributed by atoms with E-state index < -0.39 is 0 Å². The first-order valence-electron chi connectivity index (χ1n) is 5.63. The molecule has 1 aromatic heterocycles. The maximum atomic E-state index is 4.06. The Hall–Kier alpha value is -0.580. The number of halogens is 1. The Morgan fingerprint density at radius 3 is 2.88 bits per heavy atom. The fourth-order valence-electron chi connectivity index (χ4n) is 2.07. The second-order valence-electron chi connectivity index (χ2n) is 4.61. The lowest BCUT2D eigenvalue weighted by Gasteiger charge is -2.37. The fourth-order valence-corrected chi connectivity index (χ4v) is 2.07. The minimum absolute atomic E-state index is 0. The van der Waals surface area contributed by atoms with Gasteiger partial charge in [-0.1, -0.05) is 0 Å². The number of H-pyrrole nitrogens is 1. The van der Waals surface area contributed by atoms with Crippen LogP contribution in [-0.2, 0) is 6.54 Å². The van der Waals surface area contributed by atoms with Gasteiger partial charge in [-0.15, -0.1) is 12.4 Å². The van der Waals surface area contributed by atoms with Crippen molar-refractivity contribution in [3.8, 4) is 0 Å². The van der Waals surface area contributed by atoms with Gasteiger partial charge in [-0.2, -0.15) is 5.10 Å². The third kappa shape index (κ3) is 2.97. The molecule has 1 aliphatic heterocycles. The van der Waals surface area contributed by atoms with Gasteiger partial charge in [-0.3, -0.25) is 10.00 Å². The molecule has 0 aliphatic carbocycles. The van der Waals surface area contributed by atoms with E-state index in [-0.39, 0.29) is 12.4 Å². The summed E-state index contributed by atoms with van der Waals surface area (Å²) in [5.74, 6) is 0. The first-order valence-corrected chi connectivity index (χ1v) is 5.63. The molecule has 1 aliphatic rings. The molecule has 4 nitrogen and oxygen atoms in total. The lowest BCUT2D eigenvalue weighted by molar-refractivity contribution is 0.138. The molecule has 0 saturated carbocycles. The Balaban J connectivity index is 0.00000128. The number of aryl methyl sites for hydroxylation is 1. The van der Waals surface area contributed by atoms with E-state index in [1.807, 2.05) is 6.20 Å². The zero-order chi connectivity index (χ0) is 10.8. The van der Waals surface area contributed by atoms with E-state index in [0.717, 1.165) is 19.6 Å². The lowest BCUT2D eigenvalue weighted by atomic mass is 10.1. The van der Waals surface area contributed by atoms with Crippen molar-refractivity contribution in [2.45, 2.75) is 39.4 Å². The summed E-state index contributed by atoms with van der Waals surface area (Å²) < 4.78 is 0. The highest BCUT2D eigenvalue weighted by Crippen LogP contribution is 2.13. The molecular formula is C11H21ClN4. The molecule has 2 N–H and O–H groups in total. The smallest absolute Gasteiger partial charge is 0.0535 e. The molecule has 16 heavy (non-hydrogen) atoms. The van der Waals surface area contributed by atoms with Gasteiger partial charge in [0.15, 0.2) is 0 Å². The summed E-state index contributed by atoms with van der Waals surface area (Å²) in [5.41, 5.74) is 2.50. The van der Waals surface area contributed by atoms with Gasteiger partial charge in [0.25, 0.3) is 0 Å². The predicted molar refractivity (Wildman–Crippen MR) is 67.9 cm³/mol. The second-order valence-corrected chi connectivity index (χ2v) is 4.61. The summed E-state index contributed by atoms with van der Waals surface area (Å²) in [4.78, 5) is 2.51. The first-order chi connectivity index (χ1) is 7.16. The monoisotopic (exact) mass is 244 g/mol. The minimum Gasteiger partial charge on any atom is -0.311 e. The Kier molecular flexibility index (Phi) is 4.77. The molecule has 2 rings (SSSR count). The Morgan fingerprint density at radius 2 is 2.25 bits per heavy atom. The quantitative estimate of drug-likeness (QED) is 0.825. The molecule has 1 saturated heterocycles. The molecule has 0 radical (unpaired) electrons. The Labute approximate surface area is 103 Å². The van der Waals surface area contributed by atoms with Crippen LogP contribution in [0.4, 0.5) is 0 Å². The van der Waals surface area contributed by atoms with Gasteiger partial charge in [0, 0.05) is 43.0 Å². The van der Waals surface area contributed by atoms with Crippen LogP contribution >= 0.6 is 12.4 Å². The van der Waals surface area contributed by atoms with Crippen LogP contribution in [0.1, 0.15) is 25.1 Å². The number of nitrogens with one attached hydrogen (secondary N) is 2. The molecule has 2 unspecified atom stereocenters. The Morgan fingerprint density at radius 1 is 1.50 bits per heavy atom. The minimum atomic E-state index is 0. The zero-order valence-electron chi connectivity index (χ0n) is 10.2. The highest BCUT2D eigenvalue weighted by molar-refractivity contribution is 5.85. The number of aromatic amines is 1. The van der Waals surface area contributed by atoms with Crippen LogP contribution in [0.5, 0.6) is 0 Å². The molecule has 2 heterocycles. The fraction of sp³-hybridized carbons (Fsp3) is 0.727. The summed E-state index contributed by atoms with van der Waals surface area (Å²) in [5, 5.41) is 10.5. The van der Waals surface area contributed by atoms with Crippen molar-refractivity contribution in [3.63, 3.8) is 0 Å². The van der Waals surface area contributed by atoms with E-state index in [2.05, 4.69) is 41.2 Å². The summed E-state index contributed by atoms with van der Waals surface area (Å²) in [6.45, 7) is 9.80. The largest absolute Gasteiger partial charge is 0.311 e. The summed E-state index contributed by atoms with van der Waals surface area (Å²) in [7, 11) is 0. The molecular weight excluding hydrogens is 224 g/mol. The van der Waals surface area contributed by atoms with Gasteiger partial charge in [-0.05, 0) is 20.8 Å². The number of nitrogens with zero attached hydrogens (tertiary/aromatic N) is 2. The molecule has 5 heteroatoms. The van der Waals surface area contributed by atoms with E-state index >= 15 is 0 Å². The van der Waals surface area contributed by atoms with Crippen LogP contribution in [-0.4, -0.2) is 40.3 Å². The molecule has 1 fully saturated rings. The average Bonchev–Trinajstić information content (AvgIpc) is 2.58. The molecule has 0 amide bonds. The Bertz CT molecular complexity index is 326. The van der Waals surface area contributed by atoms with Crippen molar-refractivity contribution >= 4 is 12.4 Å². The van der Waals surface area contributed by atoms with Crippen molar-refractivity contribution in [3.05, 3.63) is 17.5 Å². The topological polar surface area (TPSA) is 44.0 Å². The number of hydrogen-bond donors (Lipinski definition) is 2. The van der Waals surface area contributed by atoms with Crippen LogP contribution in [0.2, 0.25) is 0 Å². The maximum absolute atomic E-state index is 4.06. The summed E-state index contributed by atoms with van der Waals surface area (Å²) in [6.07, 6.45) is 1.94. The molecule has 0 aromatic carbocycles. The molecule has 2 atom stereocenters. The third-order valence-corrected chi connectivity index (χ3v) is 3.20. The van der Waals surface area contributed by atoms with Crippen molar-refractivity contribution < 1.29 is 0 Å². The summed E-state index contributed by atoms with van der Waals surface area (Å²) in [6, 6.07) is 1.20. The molecule has 1 aromatic rings. The van der Waals surface area contributed by atoms with Crippen molar-refractivity contribution in [1.29, 1.82) is 0 Å². The van der Waals surface area contributed by atoms with Crippen LogP contribution in [0, 0.1) is 6.92 Å². The van der Waals surface area contributed by atoms with Crippen LogP contribution in [0.15, 0.2) is 6.20 Å². The standard InChI is InChI=1S/C11H20N4.ClH/c1-8-6-15(9(2)4-12-8)7-11-5-13-14-10(11)3;/h5,8-9,12H,4,6-7H2,1-3H3,(H,13,14);1H. The average molecular weight is 245 g/mol. The van der Waals surface area contributed by atoms with Crippen molar-refractivity contribution in [1.82, 2.24) is 20.4 Å². The SMILES string of the molecule is Cc1[nH]ncc1CN1CC(C)NCC1C.Cl. The lowest BCUT2D eigenvalue weighted by Crippen LogP contribution is -2.53. The van der Waals surface area contributed by atoms with Gasteiger partial charge in [0.05, 0.1) is 6.20 Å². The zero-order valence-corrected chi connectivity index (χ0v) is 11.0. The maximum Gasteiger partial charge on any atom is 0.0535 e. The van der Waals surface area contributed by atoms with E-state index in [0.29, 0.717) is 12.1 Å². The van der Waals surface area contributed by atoms with E-state index in [1.54, 1.807) is 0 Å². The van der Waals surface area contributed by atoms with Gasteiger partial charge in [0.2, 0.25) is 0 Å². The third-order valence-electron chi connectivity index (χ3n) is 3.20. The van der Waals surface area contributed by atoms with E-state index in [9.17, 15) is 0 Å². The van der Waals surface area contributed by atoms with Crippen molar-refractivity contribution in [2.24, 2.45) is 0 Å². The van der Waals surface area contributed by atoms with Crippen LogP contribution in [0.25, 0.3) is 0 Å². The normalized spacial score (nSPS) is 26.4. The van der Waals surface area contributed by atoms with Gasteiger partial charge in [0.1, 0.15) is 0 Å². The predicted octanol–water partition coefficient (Wildman–Crippen LogP) is 1.32. The van der Waals surface area contributed by atoms with Gasteiger partial charge < -0.3 is 5.32 Å². The van der Waals surface area contributed by atoms with Crippen LogP contribution < -0.4 is 5.32 Å².